The van der Waals surface area contributed by atoms with Crippen molar-refractivity contribution < 1.29 is 9.47 Å². The molecule has 0 amide bonds. The molecule has 0 aliphatic carbocycles. The molecule has 0 atom stereocenters. The van der Waals surface area contributed by atoms with Crippen LogP contribution in [0.25, 0.3) is 0 Å². The lowest BCUT2D eigenvalue weighted by molar-refractivity contribution is 0.172. The third-order valence-corrected chi connectivity index (χ3v) is 3.37. The molecule has 1 fully saturated rings. The van der Waals surface area contributed by atoms with Gasteiger partial charge in [-0.05, 0) is 12.1 Å². The van der Waals surface area contributed by atoms with Crippen LogP contribution in [0.1, 0.15) is 0 Å². The molecule has 0 radical (unpaired) electrons. The number of nitrogens with zero attached hydrogens (tertiary/aromatic N) is 1. The second-order valence-electron chi connectivity index (χ2n) is 4.16. The summed E-state index contributed by atoms with van der Waals surface area (Å²) in [7, 11) is 0. The van der Waals surface area contributed by atoms with Crippen molar-refractivity contribution in [3.63, 3.8) is 0 Å². The first-order valence-corrected chi connectivity index (χ1v) is 6.28. The first kappa shape index (κ1) is 13.6. The summed E-state index contributed by atoms with van der Waals surface area (Å²) in [5.74, 6) is 1.60. The third-order valence-electron chi connectivity index (χ3n) is 3.07. The van der Waals surface area contributed by atoms with Crippen molar-refractivity contribution in [1.82, 2.24) is 5.32 Å². The van der Waals surface area contributed by atoms with Crippen LogP contribution < -0.4 is 19.7 Å². The summed E-state index contributed by atoms with van der Waals surface area (Å²) in [6.45, 7) is 5.03. The van der Waals surface area contributed by atoms with E-state index in [9.17, 15) is 0 Å². The first-order valence-electron chi connectivity index (χ1n) is 5.90. The van der Waals surface area contributed by atoms with Crippen molar-refractivity contribution in [3.8, 4) is 11.5 Å². The first-order chi connectivity index (χ1) is 8.36. The van der Waals surface area contributed by atoms with Crippen LogP contribution in [0.15, 0.2) is 12.1 Å². The molecule has 0 bridgehead atoms. The van der Waals surface area contributed by atoms with E-state index in [-0.39, 0.29) is 12.4 Å². The van der Waals surface area contributed by atoms with Gasteiger partial charge in [0.1, 0.15) is 18.9 Å². The van der Waals surface area contributed by atoms with E-state index < -0.39 is 0 Å². The normalized spacial score (nSPS) is 18.2. The van der Waals surface area contributed by atoms with E-state index in [1.54, 1.807) is 0 Å². The standard InChI is InChI=1S/C12H15ClN2O2.ClH/c13-9-1-2-10-12(17-8-7-16-10)11(9)15-5-3-14-4-6-15;/h1-2,14H,3-8H2;1H. The maximum atomic E-state index is 6.30. The van der Waals surface area contributed by atoms with E-state index in [4.69, 9.17) is 21.1 Å². The number of piperazine rings is 1. The van der Waals surface area contributed by atoms with Crippen LogP contribution in [0.2, 0.25) is 5.02 Å². The molecule has 0 aromatic heterocycles. The topological polar surface area (TPSA) is 33.7 Å². The molecule has 100 valence electrons. The monoisotopic (exact) mass is 290 g/mol. The zero-order valence-electron chi connectivity index (χ0n) is 9.95. The number of nitrogens with one attached hydrogen (secondary N) is 1. The maximum absolute atomic E-state index is 6.30. The highest BCUT2D eigenvalue weighted by Gasteiger charge is 2.24. The SMILES string of the molecule is Cl.Clc1ccc2c(c1N1CCNCC1)OCCO2. The summed E-state index contributed by atoms with van der Waals surface area (Å²) in [5, 5.41) is 4.06. The van der Waals surface area contributed by atoms with Gasteiger partial charge in [0.15, 0.2) is 11.5 Å². The molecular formula is C12H16Cl2N2O2. The van der Waals surface area contributed by atoms with Crippen LogP contribution in [-0.4, -0.2) is 39.4 Å². The van der Waals surface area contributed by atoms with E-state index in [1.807, 2.05) is 12.1 Å². The van der Waals surface area contributed by atoms with Gasteiger partial charge >= 0.3 is 0 Å². The number of ether oxygens (including phenoxy) is 2. The second-order valence-corrected chi connectivity index (χ2v) is 4.56. The molecule has 6 heteroatoms. The van der Waals surface area contributed by atoms with Gasteiger partial charge in [0.2, 0.25) is 0 Å². The van der Waals surface area contributed by atoms with Crippen LogP contribution in [-0.2, 0) is 0 Å². The number of halogens is 2. The minimum atomic E-state index is 0. The number of hydrogen-bond donors (Lipinski definition) is 1. The van der Waals surface area contributed by atoms with E-state index in [2.05, 4.69) is 10.2 Å². The number of fused-ring (bicyclic) bond motifs is 1. The Kier molecular flexibility index (Phi) is 4.43. The highest BCUT2D eigenvalue weighted by Crippen LogP contribution is 2.44. The fourth-order valence-corrected chi connectivity index (χ4v) is 2.53. The van der Waals surface area contributed by atoms with Crippen molar-refractivity contribution in [1.29, 1.82) is 0 Å². The Labute approximate surface area is 118 Å². The van der Waals surface area contributed by atoms with Gasteiger partial charge in [-0.15, -0.1) is 12.4 Å². The Hall–Kier alpha value is -0.840. The van der Waals surface area contributed by atoms with Crippen molar-refractivity contribution in [3.05, 3.63) is 17.2 Å². The molecule has 4 nitrogen and oxygen atoms in total. The minimum absolute atomic E-state index is 0. The molecule has 1 aromatic carbocycles. The van der Waals surface area contributed by atoms with Gasteiger partial charge in [-0.2, -0.15) is 0 Å². The Morgan fingerprint density at radius 3 is 2.61 bits per heavy atom. The van der Waals surface area contributed by atoms with Gasteiger partial charge in [-0.3, -0.25) is 0 Å². The highest BCUT2D eigenvalue weighted by molar-refractivity contribution is 6.33. The lowest BCUT2D eigenvalue weighted by Gasteiger charge is -2.33. The summed E-state index contributed by atoms with van der Waals surface area (Å²) in [6, 6.07) is 3.76. The number of anilines is 1. The number of rotatable bonds is 1. The molecule has 2 heterocycles. The van der Waals surface area contributed by atoms with Crippen molar-refractivity contribution in [2.75, 3.05) is 44.3 Å². The van der Waals surface area contributed by atoms with Gasteiger partial charge in [-0.25, -0.2) is 0 Å². The lowest BCUT2D eigenvalue weighted by Crippen LogP contribution is -2.44. The van der Waals surface area contributed by atoms with Gasteiger partial charge in [0.05, 0.1) is 5.02 Å². The number of hydrogen-bond acceptors (Lipinski definition) is 4. The fourth-order valence-electron chi connectivity index (χ4n) is 2.26. The van der Waals surface area contributed by atoms with E-state index in [1.165, 1.54) is 0 Å². The molecule has 2 aliphatic heterocycles. The van der Waals surface area contributed by atoms with E-state index in [0.29, 0.717) is 13.2 Å². The zero-order valence-corrected chi connectivity index (χ0v) is 11.5. The van der Waals surface area contributed by atoms with Crippen molar-refractivity contribution in [2.24, 2.45) is 0 Å². The number of benzene rings is 1. The fraction of sp³-hybridized carbons (Fsp3) is 0.500. The maximum Gasteiger partial charge on any atom is 0.186 e. The Bertz CT molecular complexity index is 423. The smallest absolute Gasteiger partial charge is 0.186 e. The van der Waals surface area contributed by atoms with Crippen molar-refractivity contribution in [2.45, 2.75) is 0 Å². The van der Waals surface area contributed by atoms with Crippen LogP contribution in [0.4, 0.5) is 5.69 Å². The zero-order chi connectivity index (χ0) is 11.7. The van der Waals surface area contributed by atoms with Gasteiger partial charge < -0.3 is 19.7 Å². The quantitative estimate of drug-likeness (QED) is 0.857. The molecule has 0 saturated carbocycles. The van der Waals surface area contributed by atoms with Crippen LogP contribution >= 0.6 is 24.0 Å². The molecule has 1 aromatic rings. The average Bonchev–Trinajstić information content (AvgIpc) is 2.39. The average molecular weight is 291 g/mol. The minimum Gasteiger partial charge on any atom is -0.486 e. The molecular weight excluding hydrogens is 275 g/mol. The van der Waals surface area contributed by atoms with Crippen LogP contribution in [0.5, 0.6) is 11.5 Å². The summed E-state index contributed by atoms with van der Waals surface area (Å²) in [4.78, 5) is 2.26. The Morgan fingerprint density at radius 1 is 1.11 bits per heavy atom. The third kappa shape index (κ3) is 2.46. The molecule has 0 unspecified atom stereocenters. The lowest BCUT2D eigenvalue weighted by atomic mass is 10.2. The molecule has 2 aliphatic rings. The largest absolute Gasteiger partial charge is 0.486 e. The highest BCUT2D eigenvalue weighted by atomic mass is 35.5. The van der Waals surface area contributed by atoms with Crippen LogP contribution in [0.3, 0.4) is 0 Å². The second kappa shape index (κ2) is 5.87. The summed E-state index contributed by atoms with van der Waals surface area (Å²) in [5.41, 5.74) is 0.977. The molecule has 3 rings (SSSR count). The molecule has 1 saturated heterocycles. The predicted molar refractivity (Wildman–Crippen MR) is 74.8 cm³/mol. The molecule has 18 heavy (non-hydrogen) atoms. The van der Waals surface area contributed by atoms with Crippen molar-refractivity contribution >= 4 is 29.7 Å². The Morgan fingerprint density at radius 2 is 1.83 bits per heavy atom. The van der Waals surface area contributed by atoms with E-state index >= 15 is 0 Å². The predicted octanol–water partition coefficient (Wildman–Crippen LogP) is 1.94. The molecule has 0 spiro atoms. The molecule has 1 N–H and O–H groups in total. The van der Waals surface area contributed by atoms with E-state index in [0.717, 1.165) is 48.4 Å². The van der Waals surface area contributed by atoms with Gasteiger partial charge in [0.25, 0.3) is 0 Å². The summed E-state index contributed by atoms with van der Waals surface area (Å²) < 4.78 is 11.3. The van der Waals surface area contributed by atoms with Gasteiger partial charge in [-0.1, -0.05) is 11.6 Å². The Balaban J connectivity index is 0.00000120. The summed E-state index contributed by atoms with van der Waals surface area (Å²) >= 11 is 6.30. The van der Waals surface area contributed by atoms with Gasteiger partial charge in [0, 0.05) is 26.2 Å². The van der Waals surface area contributed by atoms with Crippen LogP contribution in [0, 0.1) is 0 Å². The summed E-state index contributed by atoms with van der Waals surface area (Å²) in [6.07, 6.45) is 0.